The lowest BCUT2D eigenvalue weighted by Gasteiger charge is -2.04. The maximum Gasteiger partial charge on any atom is 0.231 e. The van der Waals surface area contributed by atoms with E-state index in [-0.39, 0.29) is 5.38 Å². The second-order valence-corrected chi connectivity index (χ2v) is 5.44. The van der Waals surface area contributed by atoms with E-state index >= 15 is 0 Å². The molecule has 0 saturated carbocycles. The van der Waals surface area contributed by atoms with Gasteiger partial charge in [0.2, 0.25) is 5.89 Å². The molecule has 102 valence electrons. The van der Waals surface area contributed by atoms with E-state index in [9.17, 15) is 0 Å². The van der Waals surface area contributed by atoms with Gasteiger partial charge in [0.15, 0.2) is 5.82 Å². The van der Waals surface area contributed by atoms with Gasteiger partial charge in [-0.3, -0.25) is 0 Å². The lowest BCUT2D eigenvalue weighted by molar-refractivity contribution is 0.378. The van der Waals surface area contributed by atoms with Gasteiger partial charge in [0.25, 0.3) is 0 Å². The number of aromatic nitrogens is 2. The molecule has 0 aliphatic carbocycles. The van der Waals surface area contributed by atoms with Crippen LogP contribution < -0.4 is 0 Å². The van der Waals surface area contributed by atoms with Crippen LogP contribution in [0.4, 0.5) is 0 Å². The van der Waals surface area contributed by atoms with E-state index in [1.165, 1.54) is 16.7 Å². The summed E-state index contributed by atoms with van der Waals surface area (Å²) < 4.78 is 5.29. The van der Waals surface area contributed by atoms with Crippen LogP contribution in [0.1, 0.15) is 53.5 Å². The van der Waals surface area contributed by atoms with Gasteiger partial charge < -0.3 is 4.52 Å². The van der Waals surface area contributed by atoms with Gasteiger partial charge in [0, 0.05) is 0 Å². The van der Waals surface area contributed by atoms with Crippen molar-refractivity contribution in [2.24, 2.45) is 0 Å². The molecule has 0 radical (unpaired) electrons. The Kier molecular flexibility index (Phi) is 4.59. The van der Waals surface area contributed by atoms with Crippen molar-refractivity contribution in [2.75, 3.05) is 0 Å². The van der Waals surface area contributed by atoms with Crippen LogP contribution in [0.15, 0.2) is 22.7 Å². The van der Waals surface area contributed by atoms with Gasteiger partial charge in [0.05, 0.1) is 11.8 Å². The molecule has 0 aliphatic rings. The van der Waals surface area contributed by atoms with Crippen LogP contribution in [-0.4, -0.2) is 10.1 Å². The quantitative estimate of drug-likeness (QED) is 0.763. The molecule has 0 spiro atoms. The minimum absolute atomic E-state index is 0.152. The third-order valence-corrected chi connectivity index (χ3v) is 3.57. The first-order valence-corrected chi connectivity index (χ1v) is 7.06. The van der Waals surface area contributed by atoms with E-state index in [4.69, 9.17) is 16.1 Å². The summed E-state index contributed by atoms with van der Waals surface area (Å²) in [6.45, 7) is 6.26. The number of aryl methyl sites for hydroxylation is 2. The number of rotatable bonds is 5. The third kappa shape index (κ3) is 3.57. The molecule has 0 amide bonds. The molecule has 0 N–H and O–H groups in total. The molecule has 2 aromatic rings. The SMILES string of the molecule is CCCC(Cl)c1noc(Cc2cc(C)ccc2C)n1. The zero-order valence-corrected chi connectivity index (χ0v) is 12.4. The van der Waals surface area contributed by atoms with Crippen LogP contribution in [0.5, 0.6) is 0 Å². The molecular weight excluding hydrogens is 260 g/mol. The second kappa shape index (κ2) is 6.20. The van der Waals surface area contributed by atoms with E-state index in [1.807, 2.05) is 0 Å². The second-order valence-electron chi connectivity index (χ2n) is 4.91. The van der Waals surface area contributed by atoms with Gasteiger partial charge in [-0.1, -0.05) is 42.3 Å². The largest absolute Gasteiger partial charge is 0.339 e. The molecule has 1 aromatic heterocycles. The van der Waals surface area contributed by atoms with E-state index in [1.54, 1.807) is 0 Å². The minimum atomic E-state index is -0.152. The maximum absolute atomic E-state index is 6.19. The fourth-order valence-corrected chi connectivity index (χ4v) is 2.31. The fraction of sp³-hybridized carbons (Fsp3) is 0.467. The Balaban J connectivity index is 2.13. The zero-order chi connectivity index (χ0) is 13.8. The van der Waals surface area contributed by atoms with Crippen molar-refractivity contribution in [3.8, 4) is 0 Å². The summed E-state index contributed by atoms with van der Waals surface area (Å²) in [6.07, 6.45) is 2.54. The summed E-state index contributed by atoms with van der Waals surface area (Å²) in [7, 11) is 0. The molecule has 0 bridgehead atoms. The van der Waals surface area contributed by atoms with E-state index < -0.39 is 0 Å². The first kappa shape index (κ1) is 14.1. The molecule has 1 aromatic carbocycles. The van der Waals surface area contributed by atoms with Gasteiger partial charge in [-0.05, 0) is 31.4 Å². The molecule has 1 unspecified atom stereocenters. The lowest BCUT2D eigenvalue weighted by atomic mass is 10.0. The predicted molar refractivity (Wildman–Crippen MR) is 76.5 cm³/mol. The molecule has 1 atom stereocenters. The Labute approximate surface area is 119 Å². The van der Waals surface area contributed by atoms with Crippen molar-refractivity contribution in [1.29, 1.82) is 0 Å². The van der Waals surface area contributed by atoms with Gasteiger partial charge >= 0.3 is 0 Å². The minimum Gasteiger partial charge on any atom is -0.339 e. The van der Waals surface area contributed by atoms with Crippen molar-refractivity contribution in [2.45, 2.75) is 45.4 Å². The molecule has 1 heterocycles. The van der Waals surface area contributed by atoms with E-state index in [2.05, 4.69) is 49.1 Å². The number of halogens is 1. The summed E-state index contributed by atoms with van der Waals surface area (Å²) in [5, 5.41) is 3.81. The topological polar surface area (TPSA) is 38.9 Å². The van der Waals surface area contributed by atoms with Gasteiger partial charge in [-0.15, -0.1) is 11.6 Å². The molecule has 4 heteroatoms. The van der Waals surface area contributed by atoms with Crippen molar-refractivity contribution >= 4 is 11.6 Å². The van der Waals surface area contributed by atoms with E-state index in [0.29, 0.717) is 18.1 Å². The highest BCUT2D eigenvalue weighted by molar-refractivity contribution is 6.20. The molecule has 3 nitrogen and oxygen atoms in total. The van der Waals surface area contributed by atoms with Crippen LogP contribution in [0.25, 0.3) is 0 Å². The number of nitrogens with zero attached hydrogens (tertiary/aromatic N) is 2. The highest BCUT2D eigenvalue weighted by atomic mass is 35.5. The lowest BCUT2D eigenvalue weighted by Crippen LogP contribution is -1.95. The summed E-state index contributed by atoms with van der Waals surface area (Å²) in [6, 6.07) is 6.38. The van der Waals surface area contributed by atoms with Crippen molar-refractivity contribution in [3.05, 3.63) is 46.6 Å². The Bertz CT molecular complexity index is 551. The molecule has 2 rings (SSSR count). The van der Waals surface area contributed by atoms with Crippen molar-refractivity contribution in [1.82, 2.24) is 10.1 Å². The van der Waals surface area contributed by atoms with Crippen LogP contribution >= 0.6 is 11.6 Å². The summed E-state index contributed by atoms with van der Waals surface area (Å²) in [5.74, 6) is 1.23. The number of hydrogen-bond acceptors (Lipinski definition) is 3. The van der Waals surface area contributed by atoms with Crippen LogP contribution in [0.3, 0.4) is 0 Å². The highest BCUT2D eigenvalue weighted by Gasteiger charge is 2.15. The smallest absolute Gasteiger partial charge is 0.231 e. The maximum atomic E-state index is 6.19. The fourth-order valence-electron chi connectivity index (χ4n) is 2.00. The molecule has 19 heavy (non-hydrogen) atoms. The Morgan fingerprint density at radius 2 is 2.11 bits per heavy atom. The monoisotopic (exact) mass is 278 g/mol. The predicted octanol–water partition coefficient (Wildman–Crippen LogP) is 4.36. The Hall–Kier alpha value is -1.35. The molecule has 0 saturated heterocycles. The zero-order valence-electron chi connectivity index (χ0n) is 11.6. The first-order chi connectivity index (χ1) is 9.10. The normalized spacial score (nSPS) is 12.6. The van der Waals surface area contributed by atoms with Crippen molar-refractivity contribution in [3.63, 3.8) is 0 Å². The Morgan fingerprint density at radius 3 is 2.84 bits per heavy atom. The van der Waals surface area contributed by atoms with Crippen LogP contribution in [-0.2, 0) is 6.42 Å². The van der Waals surface area contributed by atoms with Gasteiger partial charge in [-0.25, -0.2) is 0 Å². The van der Waals surface area contributed by atoms with Gasteiger partial charge in [0.1, 0.15) is 0 Å². The Morgan fingerprint density at radius 1 is 1.32 bits per heavy atom. The third-order valence-electron chi connectivity index (χ3n) is 3.15. The summed E-state index contributed by atoms with van der Waals surface area (Å²) in [4.78, 5) is 4.39. The standard InChI is InChI=1S/C15H19ClN2O/c1-4-5-13(16)15-17-14(19-18-15)9-12-8-10(2)6-7-11(12)3/h6-8,13H,4-5,9H2,1-3H3. The summed E-state index contributed by atoms with van der Waals surface area (Å²) in [5.41, 5.74) is 3.69. The van der Waals surface area contributed by atoms with Gasteiger partial charge in [-0.2, -0.15) is 4.98 Å². The molecule has 0 fully saturated rings. The molecule has 0 aliphatic heterocycles. The number of benzene rings is 1. The molecular formula is C15H19ClN2O. The number of alkyl halides is 1. The van der Waals surface area contributed by atoms with E-state index in [0.717, 1.165) is 12.8 Å². The first-order valence-electron chi connectivity index (χ1n) is 6.62. The highest BCUT2D eigenvalue weighted by Crippen LogP contribution is 2.23. The van der Waals surface area contributed by atoms with Crippen LogP contribution in [0.2, 0.25) is 0 Å². The van der Waals surface area contributed by atoms with Crippen LogP contribution in [0, 0.1) is 13.8 Å². The average molecular weight is 279 g/mol. The average Bonchev–Trinajstić information content (AvgIpc) is 2.83. The number of hydrogen-bond donors (Lipinski definition) is 0. The summed E-state index contributed by atoms with van der Waals surface area (Å²) >= 11 is 6.19. The van der Waals surface area contributed by atoms with Crippen molar-refractivity contribution < 1.29 is 4.52 Å².